The molecule has 1 aromatic heterocycles. The molecule has 2 atom stereocenters. The van der Waals surface area contributed by atoms with Gasteiger partial charge in [-0.3, -0.25) is 14.5 Å². The van der Waals surface area contributed by atoms with Crippen LogP contribution < -0.4 is 20.7 Å². The highest BCUT2D eigenvalue weighted by Gasteiger charge is 2.35. The standard InChI is InChI=1S/C32H46N8O3/c1-5-25-32(43-27-9-7-8-26(27)38(4)28(41)6-2)36-31(29(35-25)30(33)42)34-22-10-12-23(13-11-22)39-16-14-24(15-17-39)40-20-18-37(3)19-21-40/h6,10-13,24,26-27H,2,5,7-9,14-21H2,1,3-4H3,(H2,33,42)(H,34,36)/t26-,27+/m0/s1. The summed E-state index contributed by atoms with van der Waals surface area (Å²) in [6.45, 7) is 12.3. The Labute approximate surface area is 255 Å². The van der Waals surface area contributed by atoms with Gasteiger partial charge in [-0.25, -0.2) is 4.98 Å². The smallest absolute Gasteiger partial charge is 0.271 e. The molecule has 0 bridgehead atoms. The molecule has 1 aliphatic carbocycles. The van der Waals surface area contributed by atoms with Gasteiger partial charge in [-0.1, -0.05) is 13.5 Å². The lowest BCUT2D eigenvalue weighted by atomic mass is 10.0. The number of piperazine rings is 1. The molecule has 2 aromatic rings. The molecule has 3 fully saturated rings. The fourth-order valence-corrected chi connectivity index (χ4v) is 6.54. The van der Waals surface area contributed by atoms with Crippen LogP contribution >= 0.6 is 0 Å². The van der Waals surface area contributed by atoms with Crippen LogP contribution in [-0.2, 0) is 11.2 Å². The van der Waals surface area contributed by atoms with E-state index >= 15 is 0 Å². The van der Waals surface area contributed by atoms with Crippen molar-refractivity contribution in [3.05, 3.63) is 48.3 Å². The Balaban J connectivity index is 1.27. The molecule has 0 unspecified atom stereocenters. The molecule has 43 heavy (non-hydrogen) atoms. The second kappa shape index (κ2) is 13.7. The van der Waals surface area contributed by atoms with Gasteiger partial charge in [0.05, 0.1) is 6.04 Å². The summed E-state index contributed by atoms with van der Waals surface area (Å²) in [5.41, 5.74) is 8.30. The van der Waals surface area contributed by atoms with E-state index in [1.165, 1.54) is 24.6 Å². The maximum Gasteiger partial charge on any atom is 0.271 e. The Kier molecular flexibility index (Phi) is 9.82. The largest absolute Gasteiger partial charge is 0.471 e. The molecule has 1 aromatic carbocycles. The molecule has 3 N–H and O–H groups in total. The molecule has 0 spiro atoms. The summed E-state index contributed by atoms with van der Waals surface area (Å²) in [5, 5.41) is 3.25. The van der Waals surface area contributed by atoms with E-state index in [-0.39, 0.29) is 29.6 Å². The van der Waals surface area contributed by atoms with Gasteiger partial charge in [-0.05, 0) is 75.9 Å². The number of rotatable bonds is 10. The quantitative estimate of drug-likeness (QED) is 0.402. The van der Waals surface area contributed by atoms with Crippen LogP contribution in [0.4, 0.5) is 17.2 Å². The van der Waals surface area contributed by atoms with Crippen molar-refractivity contribution >= 4 is 29.0 Å². The number of amides is 2. The van der Waals surface area contributed by atoms with Crippen molar-refractivity contribution in [1.82, 2.24) is 24.7 Å². The van der Waals surface area contributed by atoms with Gasteiger partial charge in [0.1, 0.15) is 11.8 Å². The van der Waals surface area contributed by atoms with Crippen LogP contribution in [0.15, 0.2) is 36.9 Å². The lowest BCUT2D eigenvalue weighted by Crippen LogP contribution is -2.52. The zero-order chi connectivity index (χ0) is 30.5. The summed E-state index contributed by atoms with van der Waals surface area (Å²) in [6.07, 6.45) is 6.50. The minimum atomic E-state index is -0.661. The number of aryl methyl sites for hydroxylation is 1. The van der Waals surface area contributed by atoms with E-state index in [0.717, 1.165) is 64.2 Å². The minimum Gasteiger partial charge on any atom is -0.471 e. The normalized spacial score (nSPS) is 21.9. The molecule has 11 nitrogen and oxygen atoms in total. The van der Waals surface area contributed by atoms with E-state index in [9.17, 15) is 9.59 Å². The van der Waals surface area contributed by atoms with Gasteiger partial charge >= 0.3 is 0 Å². The predicted octanol–water partition coefficient (Wildman–Crippen LogP) is 3.04. The lowest BCUT2D eigenvalue weighted by molar-refractivity contribution is -0.128. The van der Waals surface area contributed by atoms with E-state index in [4.69, 9.17) is 15.5 Å². The van der Waals surface area contributed by atoms with Crippen molar-refractivity contribution in [2.24, 2.45) is 5.73 Å². The monoisotopic (exact) mass is 590 g/mol. The van der Waals surface area contributed by atoms with Gasteiger partial charge in [-0.15, -0.1) is 0 Å². The van der Waals surface area contributed by atoms with E-state index in [2.05, 4.69) is 50.8 Å². The number of likely N-dealkylation sites (N-methyl/N-ethyl adjacent to an activating group) is 2. The average Bonchev–Trinajstić information content (AvgIpc) is 3.49. The molecule has 0 radical (unpaired) electrons. The number of benzene rings is 1. The number of carbonyl (C=O) groups excluding carboxylic acids is 2. The van der Waals surface area contributed by atoms with Crippen molar-refractivity contribution in [2.75, 3.05) is 63.6 Å². The average molecular weight is 591 g/mol. The topological polar surface area (TPSA) is 120 Å². The van der Waals surface area contributed by atoms with Crippen LogP contribution in [-0.4, -0.2) is 108 Å². The number of ether oxygens (including phenoxy) is 1. The summed E-state index contributed by atoms with van der Waals surface area (Å²) < 4.78 is 6.39. The fraction of sp³-hybridized carbons (Fsp3) is 0.562. The number of carbonyl (C=O) groups is 2. The Bertz CT molecular complexity index is 1290. The second-order valence-electron chi connectivity index (χ2n) is 11.9. The highest BCUT2D eigenvalue weighted by atomic mass is 16.5. The molecule has 3 aliphatic rings. The van der Waals surface area contributed by atoms with E-state index in [1.807, 2.05) is 19.1 Å². The molecule has 5 rings (SSSR count). The SMILES string of the molecule is C=CC(=O)N(C)[C@H]1CCC[C@H]1Oc1nc(Nc2ccc(N3CCC(N4CCN(C)CC4)CC3)cc2)c(C(N)=O)nc1CC. The van der Waals surface area contributed by atoms with Crippen molar-refractivity contribution in [2.45, 2.75) is 63.6 Å². The predicted molar refractivity (Wildman–Crippen MR) is 169 cm³/mol. The zero-order valence-corrected chi connectivity index (χ0v) is 25.8. The molecule has 2 saturated heterocycles. The van der Waals surface area contributed by atoms with Crippen LogP contribution in [0.3, 0.4) is 0 Å². The first kappa shape index (κ1) is 30.7. The summed E-state index contributed by atoms with van der Waals surface area (Å²) in [7, 11) is 3.97. The molecule has 2 aliphatic heterocycles. The van der Waals surface area contributed by atoms with Gasteiger partial charge in [0.2, 0.25) is 11.8 Å². The minimum absolute atomic E-state index is 0.0705. The molecule has 1 saturated carbocycles. The van der Waals surface area contributed by atoms with Crippen LogP contribution in [0.1, 0.15) is 55.2 Å². The van der Waals surface area contributed by atoms with Crippen molar-refractivity contribution in [3.63, 3.8) is 0 Å². The Morgan fingerprint density at radius 2 is 1.77 bits per heavy atom. The number of hydrogen-bond donors (Lipinski definition) is 2. The summed E-state index contributed by atoms with van der Waals surface area (Å²) >= 11 is 0. The molecule has 2 amide bonds. The first-order chi connectivity index (χ1) is 20.8. The van der Waals surface area contributed by atoms with Gasteiger partial charge in [0.25, 0.3) is 5.91 Å². The lowest BCUT2D eigenvalue weighted by Gasteiger charge is -2.42. The van der Waals surface area contributed by atoms with E-state index in [1.54, 1.807) is 11.9 Å². The number of nitrogens with zero attached hydrogens (tertiary/aromatic N) is 6. The highest BCUT2D eigenvalue weighted by Crippen LogP contribution is 2.31. The van der Waals surface area contributed by atoms with Gasteiger partial charge < -0.3 is 30.5 Å². The van der Waals surface area contributed by atoms with Gasteiger partial charge in [0, 0.05) is 63.7 Å². The van der Waals surface area contributed by atoms with Crippen molar-refractivity contribution in [3.8, 4) is 5.88 Å². The molecular formula is C32H46N8O3. The Morgan fingerprint density at radius 1 is 1.07 bits per heavy atom. The van der Waals surface area contributed by atoms with Gasteiger partial charge in [0.15, 0.2) is 11.5 Å². The highest BCUT2D eigenvalue weighted by molar-refractivity contribution is 5.96. The Morgan fingerprint density at radius 3 is 2.40 bits per heavy atom. The third-order valence-electron chi connectivity index (χ3n) is 9.21. The maximum absolute atomic E-state index is 12.4. The number of aromatic nitrogens is 2. The number of hydrogen-bond acceptors (Lipinski definition) is 9. The summed E-state index contributed by atoms with van der Waals surface area (Å²) in [4.78, 5) is 43.1. The summed E-state index contributed by atoms with van der Waals surface area (Å²) in [6, 6.07) is 8.76. The van der Waals surface area contributed by atoms with Crippen LogP contribution in [0.25, 0.3) is 0 Å². The molecule has 3 heterocycles. The molecule has 232 valence electrons. The zero-order valence-electron chi connectivity index (χ0n) is 25.8. The van der Waals surface area contributed by atoms with Crippen LogP contribution in [0, 0.1) is 0 Å². The number of primary amides is 1. The fourth-order valence-electron chi connectivity index (χ4n) is 6.54. The number of anilines is 3. The summed E-state index contributed by atoms with van der Waals surface area (Å²) in [5.74, 6) is -0.195. The first-order valence-corrected chi connectivity index (χ1v) is 15.6. The molecular weight excluding hydrogens is 544 g/mol. The Hall–Kier alpha value is -3.70. The van der Waals surface area contributed by atoms with Crippen LogP contribution in [0.2, 0.25) is 0 Å². The first-order valence-electron chi connectivity index (χ1n) is 15.6. The second-order valence-corrected chi connectivity index (χ2v) is 11.9. The van der Waals surface area contributed by atoms with E-state index in [0.29, 0.717) is 24.0 Å². The number of nitrogens with one attached hydrogen (secondary N) is 1. The number of piperidine rings is 1. The third kappa shape index (κ3) is 7.10. The van der Waals surface area contributed by atoms with Gasteiger partial charge in [-0.2, -0.15) is 4.98 Å². The van der Waals surface area contributed by atoms with Crippen molar-refractivity contribution < 1.29 is 14.3 Å². The number of nitrogens with two attached hydrogens (primary N) is 1. The third-order valence-corrected chi connectivity index (χ3v) is 9.21. The maximum atomic E-state index is 12.4. The van der Waals surface area contributed by atoms with Crippen LogP contribution in [0.5, 0.6) is 5.88 Å². The van der Waals surface area contributed by atoms with Crippen molar-refractivity contribution in [1.29, 1.82) is 0 Å². The molecule has 11 heteroatoms. The van der Waals surface area contributed by atoms with E-state index < -0.39 is 5.91 Å².